The van der Waals surface area contributed by atoms with E-state index >= 15 is 0 Å². The molecule has 0 heterocycles. The maximum atomic E-state index is 14.5. The molecular formula is C32H33F2NO2. The second kappa shape index (κ2) is 13.6. The Morgan fingerprint density at radius 3 is 2.05 bits per heavy atom. The average molecular weight is 502 g/mol. The summed E-state index contributed by atoms with van der Waals surface area (Å²) in [7, 11) is 0. The molecule has 3 nitrogen and oxygen atoms in total. The molecule has 3 aromatic rings. The second-order valence-corrected chi connectivity index (χ2v) is 9.45. The normalized spacial score (nSPS) is 13.4. The Morgan fingerprint density at radius 2 is 1.35 bits per heavy atom. The predicted molar refractivity (Wildman–Crippen MR) is 144 cm³/mol. The fourth-order valence-electron chi connectivity index (χ4n) is 4.58. The van der Waals surface area contributed by atoms with E-state index in [0.717, 1.165) is 47.8 Å². The molecule has 0 N–H and O–H groups in total. The molecule has 1 aliphatic rings. The van der Waals surface area contributed by atoms with E-state index in [4.69, 9.17) is 14.7 Å². The molecule has 0 radical (unpaired) electrons. The number of fused-ring (bicyclic) bond motifs is 1. The van der Waals surface area contributed by atoms with Crippen LogP contribution in [-0.2, 0) is 4.74 Å². The maximum Gasteiger partial charge on any atom is 0.130 e. The molecule has 0 aromatic heterocycles. The summed E-state index contributed by atoms with van der Waals surface area (Å²) in [6, 6.07) is 19.8. The van der Waals surface area contributed by atoms with E-state index in [2.05, 4.69) is 6.07 Å². The molecule has 0 unspecified atom stereocenters. The summed E-state index contributed by atoms with van der Waals surface area (Å²) in [4.78, 5) is 0. The molecule has 1 aliphatic carbocycles. The number of ether oxygens (including phenoxy) is 2. The summed E-state index contributed by atoms with van der Waals surface area (Å²) in [5, 5.41) is 11.1. The van der Waals surface area contributed by atoms with E-state index in [1.807, 2.05) is 36.4 Å². The number of rotatable bonds is 13. The third kappa shape index (κ3) is 7.92. The summed E-state index contributed by atoms with van der Waals surface area (Å²) in [6.07, 6.45) is 10.5. The molecular weight excluding hydrogens is 468 g/mol. The van der Waals surface area contributed by atoms with E-state index in [9.17, 15) is 8.78 Å². The molecule has 0 fully saturated rings. The van der Waals surface area contributed by atoms with Crippen LogP contribution in [0.4, 0.5) is 8.78 Å². The predicted octanol–water partition coefficient (Wildman–Crippen LogP) is 9.04. The minimum Gasteiger partial charge on any atom is -0.498 e. The highest BCUT2D eigenvalue weighted by Crippen LogP contribution is 2.33. The Labute approximate surface area is 218 Å². The van der Waals surface area contributed by atoms with Gasteiger partial charge in [-0.2, -0.15) is 5.26 Å². The first-order chi connectivity index (χ1) is 18.1. The Bertz CT molecular complexity index is 1290. The van der Waals surface area contributed by atoms with Crippen molar-refractivity contribution in [3.05, 3.63) is 95.3 Å². The number of allylic oxidation sites excluding steroid dienone is 4. The van der Waals surface area contributed by atoms with Gasteiger partial charge in [0.2, 0.25) is 0 Å². The van der Waals surface area contributed by atoms with Crippen molar-refractivity contribution in [3.63, 3.8) is 0 Å². The molecule has 4 rings (SSSR count). The third-order valence-electron chi connectivity index (χ3n) is 6.68. The van der Waals surface area contributed by atoms with Crippen molar-refractivity contribution in [3.8, 4) is 11.8 Å². The molecule has 0 aliphatic heterocycles. The summed E-state index contributed by atoms with van der Waals surface area (Å²) in [5.74, 6) is 0.963. The van der Waals surface area contributed by atoms with Crippen LogP contribution in [0.5, 0.6) is 5.75 Å². The Balaban J connectivity index is 1.04. The lowest BCUT2D eigenvalue weighted by Crippen LogP contribution is -2.02. The van der Waals surface area contributed by atoms with Crippen LogP contribution >= 0.6 is 0 Å². The quantitative estimate of drug-likeness (QED) is 0.219. The van der Waals surface area contributed by atoms with Crippen LogP contribution in [0.2, 0.25) is 0 Å². The van der Waals surface area contributed by atoms with Crippen molar-refractivity contribution in [2.45, 2.75) is 57.8 Å². The van der Waals surface area contributed by atoms with E-state index in [-0.39, 0.29) is 11.6 Å². The van der Waals surface area contributed by atoms with Crippen molar-refractivity contribution in [1.82, 2.24) is 0 Å². The van der Waals surface area contributed by atoms with Gasteiger partial charge in [-0.05, 0) is 77.6 Å². The number of hydrogen-bond acceptors (Lipinski definition) is 3. The van der Waals surface area contributed by atoms with Gasteiger partial charge >= 0.3 is 0 Å². The van der Waals surface area contributed by atoms with Crippen LogP contribution in [0, 0.1) is 17.1 Å². The zero-order chi connectivity index (χ0) is 25.9. The summed E-state index contributed by atoms with van der Waals surface area (Å²) in [6.45, 7) is 1.32. The largest absolute Gasteiger partial charge is 0.498 e. The summed E-state index contributed by atoms with van der Waals surface area (Å²) in [5.41, 5.74) is 2.01. The van der Waals surface area contributed by atoms with E-state index in [1.165, 1.54) is 37.5 Å². The van der Waals surface area contributed by atoms with Gasteiger partial charge in [0.25, 0.3) is 0 Å². The summed E-state index contributed by atoms with van der Waals surface area (Å²) < 4.78 is 39.3. The van der Waals surface area contributed by atoms with Crippen molar-refractivity contribution in [2.24, 2.45) is 0 Å². The van der Waals surface area contributed by atoms with Gasteiger partial charge in [-0.1, -0.05) is 56.4 Å². The molecule has 0 saturated carbocycles. The van der Waals surface area contributed by atoms with Gasteiger partial charge in [-0.25, -0.2) is 8.78 Å². The van der Waals surface area contributed by atoms with Crippen LogP contribution in [-0.4, -0.2) is 13.2 Å². The number of benzene rings is 3. The maximum absolute atomic E-state index is 14.5. The minimum atomic E-state index is -0.316. The van der Waals surface area contributed by atoms with Gasteiger partial charge in [0, 0.05) is 12.5 Å². The first-order valence-electron chi connectivity index (χ1n) is 13.2. The molecule has 0 saturated heterocycles. The highest BCUT2D eigenvalue weighted by atomic mass is 19.1. The average Bonchev–Trinajstić information content (AvgIpc) is 2.92. The zero-order valence-corrected chi connectivity index (χ0v) is 21.1. The van der Waals surface area contributed by atoms with Gasteiger partial charge in [0.1, 0.15) is 17.4 Å². The summed E-state index contributed by atoms with van der Waals surface area (Å²) >= 11 is 0. The van der Waals surface area contributed by atoms with Crippen LogP contribution in [0.1, 0.15) is 68.9 Å². The fraction of sp³-hybridized carbons (Fsp3) is 0.344. The monoisotopic (exact) mass is 501 g/mol. The van der Waals surface area contributed by atoms with Crippen molar-refractivity contribution in [2.75, 3.05) is 13.2 Å². The van der Waals surface area contributed by atoms with Gasteiger partial charge in [-0.15, -0.1) is 0 Å². The van der Waals surface area contributed by atoms with E-state index in [1.54, 1.807) is 12.1 Å². The van der Waals surface area contributed by atoms with Gasteiger partial charge in [0.15, 0.2) is 0 Å². The number of hydrogen-bond donors (Lipinski definition) is 0. The smallest absolute Gasteiger partial charge is 0.130 e. The van der Waals surface area contributed by atoms with Crippen molar-refractivity contribution < 1.29 is 18.3 Å². The standard InChI is InChI=1S/C32H33F2NO2/c33-28-13-10-25(11-14-28)31-17-16-30(22-32(31)34)37-19-7-5-3-1-2-4-6-18-36-29-15-12-26-20-24(23-35)8-9-27(26)21-29/h8-15,20-22H,1-7,16-19H2. The molecule has 192 valence electrons. The highest BCUT2D eigenvalue weighted by Gasteiger charge is 2.16. The van der Waals surface area contributed by atoms with Gasteiger partial charge in [-0.3, -0.25) is 0 Å². The number of nitriles is 1. The van der Waals surface area contributed by atoms with Gasteiger partial charge < -0.3 is 9.47 Å². The lowest BCUT2D eigenvalue weighted by molar-refractivity contribution is 0.194. The first kappa shape index (κ1) is 26.4. The number of nitrogens with zero attached hydrogens (tertiary/aromatic N) is 1. The van der Waals surface area contributed by atoms with Crippen LogP contribution < -0.4 is 4.74 Å². The SMILES string of the molecule is N#Cc1ccc2cc(OCCCCCCCCCOC3=CC(F)=C(c4ccc(F)cc4)CC3)ccc2c1. The van der Waals surface area contributed by atoms with Gasteiger partial charge in [0.05, 0.1) is 30.6 Å². The topological polar surface area (TPSA) is 42.2 Å². The Morgan fingerprint density at radius 1 is 0.703 bits per heavy atom. The second-order valence-electron chi connectivity index (χ2n) is 9.45. The van der Waals surface area contributed by atoms with E-state index in [0.29, 0.717) is 43.0 Å². The Hall–Kier alpha value is -3.65. The van der Waals surface area contributed by atoms with Crippen LogP contribution in [0.15, 0.2) is 78.3 Å². The zero-order valence-electron chi connectivity index (χ0n) is 21.1. The van der Waals surface area contributed by atoms with Crippen LogP contribution in [0.3, 0.4) is 0 Å². The van der Waals surface area contributed by atoms with Crippen LogP contribution in [0.25, 0.3) is 16.3 Å². The first-order valence-corrected chi connectivity index (χ1v) is 13.2. The fourth-order valence-corrected chi connectivity index (χ4v) is 4.58. The molecule has 0 bridgehead atoms. The third-order valence-corrected chi connectivity index (χ3v) is 6.68. The molecule has 0 spiro atoms. The molecule has 0 atom stereocenters. The lowest BCUT2D eigenvalue weighted by atomic mass is 9.96. The highest BCUT2D eigenvalue weighted by molar-refractivity contribution is 5.85. The Kier molecular flexibility index (Phi) is 9.71. The molecule has 5 heteroatoms. The number of unbranched alkanes of at least 4 members (excludes halogenated alkanes) is 6. The molecule has 37 heavy (non-hydrogen) atoms. The van der Waals surface area contributed by atoms with Crippen molar-refractivity contribution >= 4 is 16.3 Å². The molecule has 3 aromatic carbocycles. The number of halogens is 2. The lowest BCUT2D eigenvalue weighted by Gasteiger charge is -2.17. The molecule has 0 amide bonds. The minimum absolute atomic E-state index is 0.286. The van der Waals surface area contributed by atoms with E-state index < -0.39 is 0 Å². The van der Waals surface area contributed by atoms with Crippen molar-refractivity contribution in [1.29, 1.82) is 5.26 Å².